The number of hydrogen-bond acceptors (Lipinski definition) is 5. The summed E-state index contributed by atoms with van der Waals surface area (Å²) in [6.45, 7) is 3.99. The van der Waals surface area contributed by atoms with Gasteiger partial charge in [0, 0.05) is 0 Å². The second-order valence-electron chi connectivity index (χ2n) is 6.66. The Kier molecular flexibility index (Phi) is 6.74. The molecule has 1 aliphatic heterocycles. The number of para-hydroxylation sites is 1. The van der Waals surface area contributed by atoms with E-state index >= 15 is 0 Å². The van der Waals surface area contributed by atoms with E-state index in [1.165, 1.54) is 18.1 Å². The quantitative estimate of drug-likeness (QED) is 0.407. The average Bonchev–Trinajstić information content (AvgIpc) is 2.73. The molecule has 156 valence electrons. The average molecular weight is 445 g/mol. The summed E-state index contributed by atoms with van der Waals surface area (Å²) < 4.78 is 11.3. The number of methoxy groups -OCH3 is 1. The van der Waals surface area contributed by atoms with Gasteiger partial charge in [-0.3, -0.25) is 19.8 Å². The Bertz CT molecular complexity index is 1040. The lowest BCUT2D eigenvalue weighted by atomic mass is 10.1. The Morgan fingerprint density at radius 3 is 2.60 bits per heavy atom. The standard InChI is InChI=1S/C22H21ClN2O4S/c1-4-13(2)29-18-10-9-14(12-19(18)28-3)11-15-20(26)24-22(30)25(21(15)27)17-8-6-5-7-16(17)23/h5-13H,4H2,1-3H3,(H,24,26,30)/b15-11+/t13-/m0/s1. The fourth-order valence-electron chi connectivity index (χ4n) is 2.85. The molecule has 8 heteroatoms. The number of nitrogens with zero attached hydrogens (tertiary/aromatic N) is 1. The van der Waals surface area contributed by atoms with Gasteiger partial charge in [0.25, 0.3) is 11.8 Å². The molecule has 3 rings (SSSR count). The van der Waals surface area contributed by atoms with Crippen molar-refractivity contribution >= 4 is 52.5 Å². The van der Waals surface area contributed by atoms with E-state index in [1.807, 2.05) is 13.8 Å². The highest BCUT2D eigenvalue weighted by molar-refractivity contribution is 7.80. The first-order valence-electron chi connectivity index (χ1n) is 9.36. The number of benzene rings is 2. The lowest BCUT2D eigenvalue weighted by Crippen LogP contribution is -2.54. The van der Waals surface area contributed by atoms with Crippen LogP contribution in [0, 0.1) is 0 Å². The summed E-state index contributed by atoms with van der Waals surface area (Å²) in [5, 5.41) is 2.87. The number of ether oxygens (including phenoxy) is 2. The third kappa shape index (κ3) is 4.47. The molecular weight excluding hydrogens is 424 g/mol. The van der Waals surface area contributed by atoms with E-state index in [2.05, 4.69) is 5.32 Å². The third-order valence-electron chi connectivity index (χ3n) is 4.60. The molecule has 2 amide bonds. The van der Waals surface area contributed by atoms with Gasteiger partial charge in [-0.05, 0) is 61.5 Å². The van der Waals surface area contributed by atoms with Crippen molar-refractivity contribution in [2.75, 3.05) is 12.0 Å². The van der Waals surface area contributed by atoms with E-state index in [9.17, 15) is 9.59 Å². The lowest BCUT2D eigenvalue weighted by Gasteiger charge is -2.29. The summed E-state index contributed by atoms with van der Waals surface area (Å²) in [6.07, 6.45) is 2.36. The maximum atomic E-state index is 13.1. The highest BCUT2D eigenvalue weighted by Gasteiger charge is 2.35. The molecule has 1 fully saturated rings. The maximum Gasteiger partial charge on any atom is 0.270 e. The predicted octanol–water partition coefficient (Wildman–Crippen LogP) is 4.36. The van der Waals surface area contributed by atoms with Crippen LogP contribution in [-0.2, 0) is 9.59 Å². The molecule has 2 aromatic carbocycles. The van der Waals surface area contributed by atoms with Gasteiger partial charge < -0.3 is 9.47 Å². The van der Waals surface area contributed by atoms with Crippen LogP contribution in [0.2, 0.25) is 5.02 Å². The van der Waals surface area contributed by atoms with Gasteiger partial charge in [-0.25, -0.2) is 0 Å². The van der Waals surface area contributed by atoms with Gasteiger partial charge in [0.1, 0.15) is 5.57 Å². The van der Waals surface area contributed by atoms with Crippen molar-refractivity contribution in [3.8, 4) is 11.5 Å². The van der Waals surface area contributed by atoms with Gasteiger partial charge in [-0.1, -0.05) is 36.7 Å². The van der Waals surface area contributed by atoms with Crippen LogP contribution in [0.3, 0.4) is 0 Å². The van der Waals surface area contributed by atoms with Crippen LogP contribution in [0.5, 0.6) is 11.5 Å². The molecule has 1 heterocycles. The van der Waals surface area contributed by atoms with Crippen LogP contribution in [0.15, 0.2) is 48.0 Å². The van der Waals surface area contributed by atoms with Gasteiger partial charge in [-0.15, -0.1) is 0 Å². The van der Waals surface area contributed by atoms with E-state index in [0.29, 0.717) is 27.8 Å². The molecule has 0 spiro atoms. The summed E-state index contributed by atoms with van der Waals surface area (Å²) in [6, 6.07) is 12.0. The van der Waals surface area contributed by atoms with Crippen molar-refractivity contribution in [2.24, 2.45) is 0 Å². The van der Waals surface area contributed by atoms with E-state index in [0.717, 1.165) is 6.42 Å². The number of carbonyl (C=O) groups is 2. The SMILES string of the molecule is CC[C@H](C)Oc1ccc(/C=C2\C(=O)NC(=S)N(c3ccccc3Cl)C2=O)cc1OC. The predicted molar refractivity (Wildman–Crippen MR) is 121 cm³/mol. The number of amides is 2. The summed E-state index contributed by atoms with van der Waals surface area (Å²) in [4.78, 5) is 26.8. The summed E-state index contributed by atoms with van der Waals surface area (Å²) in [5.41, 5.74) is 0.935. The van der Waals surface area contributed by atoms with Crippen molar-refractivity contribution in [1.82, 2.24) is 5.32 Å². The molecule has 1 N–H and O–H groups in total. The number of carbonyl (C=O) groups excluding carboxylic acids is 2. The van der Waals surface area contributed by atoms with E-state index in [4.69, 9.17) is 33.3 Å². The van der Waals surface area contributed by atoms with Crippen LogP contribution in [0.25, 0.3) is 6.08 Å². The maximum absolute atomic E-state index is 13.1. The molecular formula is C22H21ClN2O4S. The van der Waals surface area contributed by atoms with Crippen LogP contribution in [-0.4, -0.2) is 30.1 Å². The first-order chi connectivity index (χ1) is 14.3. The van der Waals surface area contributed by atoms with E-state index < -0.39 is 11.8 Å². The summed E-state index contributed by atoms with van der Waals surface area (Å²) >= 11 is 11.4. The topological polar surface area (TPSA) is 67.9 Å². The zero-order valence-electron chi connectivity index (χ0n) is 16.8. The number of thiocarbonyl (C=S) groups is 1. The zero-order chi connectivity index (χ0) is 21.8. The van der Waals surface area contributed by atoms with Gasteiger partial charge in [0.05, 0.1) is 23.9 Å². The Morgan fingerprint density at radius 1 is 1.20 bits per heavy atom. The molecule has 0 saturated carbocycles. The van der Waals surface area contributed by atoms with Gasteiger partial charge in [-0.2, -0.15) is 0 Å². The van der Waals surface area contributed by atoms with Crippen molar-refractivity contribution in [2.45, 2.75) is 26.4 Å². The second kappa shape index (κ2) is 9.28. The number of nitrogens with one attached hydrogen (secondary N) is 1. The van der Waals surface area contributed by atoms with Crippen molar-refractivity contribution in [3.63, 3.8) is 0 Å². The second-order valence-corrected chi connectivity index (χ2v) is 7.45. The van der Waals surface area contributed by atoms with E-state index in [-0.39, 0.29) is 16.8 Å². The monoisotopic (exact) mass is 444 g/mol. The fraction of sp³-hybridized carbons (Fsp3) is 0.227. The molecule has 0 unspecified atom stereocenters. The molecule has 1 atom stereocenters. The van der Waals surface area contributed by atoms with Crippen LogP contribution >= 0.6 is 23.8 Å². The van der Waals surface area contributed by atoms with Crippen molar-refractivity contribution in [1.29, 1.82) is 0 Å². The molecule has 0 bridgehead atoms. The molecule has 0 aliphatic carbocycles. The molecule has 6 nitrogen and oxygen atoms in total. The normalized spacial score (nSPS) is 16.5. The minimum Gasteiger partial charge on any atom is -0.493 e. The fourth-order valence-corrected chi connectivity index (χ4v) is 3.34. The zero-order valence-corrected chi connectivity index (χ0v) is 18.3. The van der Waals surface area contributed by atoms with Crippen LogP contribution < -0.4 is 19.7 Å². The largest absolute Gasteiger partial charge is 0.493 e. The Morgan fingerprint density at radius 2 is 1.93 bits per heavy atom. The minimum absolute atomic E-state index is 0.0230. The highest BCUT2D eigenvalue weighted by atomic mass is 35.5. The Hall–Kier alpha value is -2.90. The lowest BCUT2D eigenvalue weighted by molar-refractivity contribution is -0.122. The van der Waals surface area contributed by atoms with Gasteiger partial charge in [0.2, 0.25) is 0 Å². The summed E-state index contributed by atoms with van der Waals surface area (Å²) in [5.74, 6) is -0.0398. The van der Waals surface area contributed by atoms with E-state index in [1.54, 1.807) is 42.5 Å². The van der Waals surface area contributed by atoms with Gasteiger partial charge in [0.15, 0.2) is 16.6 Å². The highest BCUT2D eigenvalue weighted by Crippen LogP contribution is 2.32. The first-order valence-corrected chi connectivity index (χ1v) is 10.1. The minimum atomic E-state index is -0.577. The summed E-state index contributed by atoms with van der Waals surface area (Å²) in [7, 11) is 1.53. The molecule has 1 saturated heterocycles. The van der Waals surface area contributed by atoms with Crippen LogP contribution in [0.4, 0.5) is 5.69 Å². The number of anilines is 1. The molecule has 0 radical (unpaired) electrons. The smallest absolute Gasteiger partial charge is 0.270 e. The van der Waals surface area contributed by atoms with Crippen molar-refractivity contribution < 1.29 is 19.1 Å². The molecule has 2 aromatic rings. The number of hydrogen-bond donors (Lipinski definition) is 1. The Balaban J connectivity index is 1.97. The number of rotatable bonds is 6. The van der Waals surface area contributed by atoms with Crippen molar-refractivity contribution in [3.05, 3.63) is 58.6 Å². The molecule has 0 aromatic heterocycles. The molecule has 1 aliphatic rings. The number of halogens is 1. The first kappa shape index (κ1) is 21.8. The van der Waals surface area contributed by atoms with Crippen LogP contribution in [0.1, 0.15) is 25.8 Å². The van der Waals surface area contributed by atoms with Gasteiger partial charge >= 0.3 is 0 Å². The molecule has 30 heavy (non-hydrogen) atoms. The third-order valence-corrected chi connectivity index (χ3v) is 5.20. The Labute approximate surface area is 185 Å².